The number of carbonyl (C=O) groups is 1. The van der Waals surface area contributed by atoms with E-state index in [1.54, 1.807) is 22.9 Å². The van der Waals surface area contributed by atoms with Crippen LogP contribution < -0.4 is 0 Å². The van der Waals surface area contributed by atoms with Crippen molar-refractivity contribution in [1.82, 2.24) is 9.78 Å². The van der Waals surface area contributed by atoms with Crippen molar-refractivity contribution in [3.05, 3.63) is 42.1 Å². The molecule has 76 valence electrons. The molecule has 1 N–H and O–H groups in total. The van der Waals surface area contributed by atoms with Crippen molar-refractivity contribution in [3.63, 3.8) is 0 Å². The topological polar surface area (TPSA) is 55.1 Å². The van der Waals surface area contributed by atoms with Crippen molar-refractivity contribution in [2.24, 2.45) is 7.05 Å². The number of aromatic carboxylic acids is 1. The van der Waals surface area contributed by atoms with E-state index in [-0.39, 0.29) is 5.56 Å². The quantitative estimate of drug-likeness (QED) is 0.807. The van der Waals surface area contributed by atoms with Gasteiger partial charge in [-0.15, -0.1) is 0 Å². The molecule has 0 saturated carbocycles. The van der Waals surface area contributed by atoms with Crippen molar-refractivity contribution in [2.45, 2.75) is 0 Å². The standard InChI is InChI=1S/C11H10N2O2/c1-13-6-5-10(12-13)8-3-2-4-9(7-8)11(14)15/h2-7H,1H3,(H,14,15). The SMILES string of the molecule is Cn1ccc(-c2cccc(C(=O)O)c2)n1. The highest BCUT2D eigenvalue weighted by Gasteiger charge is 2.05. The Labute approximate surface area is 86.8 Å². The molecule has 15 heavy (non-hydrogen) atoms. The molecule has 4 heteroatoms. The number of aromatic nitrogens is 2. The second-order valence-electron chi connectivity index (χ2n) is 3.26. The maximum Gasteiger partial charge on any atom is 0.335 e. The van der Waals surface area contributed by atoms with Crippen LogP contribution in [0.15, 0.2) is 36.5 Å². The summed E-state index contributed by atoms with van der Waals surface area (Å²) < 4.78 is 1.68. The number of aryl methyl sites for hydroxylation is 1. The Morgan fingerprint density at radius 1 is 1.40 bits per heavy atom. The Kier molecular flexibility index (Phi) is 2.25. The Morgan fingerprint density at radius 3 is 2.80 bits per heavy atom. The molecule has 2 rings (SSSR count). The first-order valence-electron chi connectivity index (χ1n) is 4.50. The molecule has 0 saturated heterocycles. The van der Waals surface area contributed by atoms with Crippen molar-refractivity contribution >= 4 is 5.97 Å². The van der Waals surface area contributed by atoms with Crippen LogP contribution >= 0.6 is 0 Å². The summed E-state index contributed by atoms with van der Waals surface area (Å²) in [5.74, 6) is -0.923. The molecule has 0 atom stereocenters. The van der Waals surface area contributed by atoms with E-state index in [4.69, 9.17) is 5.11 Å². The van der Waals surface area contributed by atoms with Crippen LogP contribution in [0.4, 0.5) is 0 Å². The zero-order valence-electron chi connectivity index (χ0n) is 8.21. The van der Waals surface area contributed by atoms with E-state index >= 15 is 0 Å². The number of nitrogens with zero attached hydrogens (tertiary/aromatic N) is 2. The summed E-state index contributed by atoms with van der Waals surface area (Å²) in [6.45, 7) is 0. The molecule has 0 bridgehead atoms. The van der Waals surface area contributed by atoms with Gasteiger partial charge in [-0.3, -0.25) is 4.68 Å². The first-order chi connectivity index (χ1) is 7.16. The summed E-state index contributed by atoms with van der Waals surface area (Å²) in [5, 5.41) is 13.0. The van der Waals surface area contributed by atoms with E-state index in [0.717, 1.165) is 11.3 Å². The lowest BCUT2D eigenvalue weighted by Gasteiger charge is -1.98. The Hall–Kier alpha value is -2.10. The summed E-state index contributed by atoms with van der Waals surface area (Å²) in [5.41, 5.74) is 1.87. The highest BCUT2D eigenvalue weighted by Crippen LogP contribution is 2.17. The Bertz CT molecular complexity index is 503. The van der Waals surface area contributed by atoms with Crippen molar-refractivity contribution in [3.8, 4) is 11.3 Å². The minimum Gasteiger partial charge on any atom is -0.478 e. The van der Waals surface area contributed by atoms with Crippen LogP contribution in [0.3, 0.4) is 0 Å². The van der Waals surface area contributed by atoms with Crippen molar-refractivity contribution in [1.29, 1.82) is 0 Å². The average molecular weight is 202 g/mol. The predicted octanol–water partition coefficient (Wildman–Crippen LogP) is 1.79. The van der Waals surface area contributed by atoms with Crippen LogP contribution in [0, 0.1) is 0 Å². The Balaban J connectivity index is 2.45. The normalized spacial score (nSPS) is 10.2. The third-order valence-electron chi connectivity index (χ3n) is 2.12. The van der Waals surface area contributed by atoms with E-state index in [1.807, 2.05) is 25.4 Å². The molecule has 0 unspecified atom stereocenters. The Morgan fingerprint density at radius 2 is 2.20 bits per heavy atom. The van der Waals surface area contributed by atoms with Gasteiger partial charge in [0.2, 0.25) is 0 Å². The fourth-order valence-corrected chi connectivity index (χ4v) is 1.38. The van der Waals surface area contributed by atoms with E-state index in [2.05, 4.69) is 5.10 Å². The van der Waals surface area contributed by atoms with Crippen molar-refractivity contribution in [2.75, 3.05) is 0 Å². The van der Waals surface area contributed by atoms with Gasteiger partial charge in [0.25, 0.3) is 0 Å². The van der Waals surface area contributed by atoms with Gasteiger partial charge in [-0.2, -0.15) is 5.10 Å². The van der Waals surface area contributed by atoms with Gasteiger partial charge in [0.05, 0.1) is 11.3 Å². The lowest BCUT2D eigenvalue weighted by atomic mass is 10.1. The van der Waals surface area contributed by atoms with E-state index in [1.165, 1.54) is 0 Å². The van der Waals surface area contributed by atoms with Crippen LogP contribution in [-0.4, -0.2) is 20.9 Å². The first kappa shape index (κ1) is 9.45. The summed E-state index contributed by atoms with van der Waals surface area (Å²) in [6.07, 6.45) is 1.82. The van der Waals surface area contributed by atoms with Crippen LogP contribution in [0.2, 0.25) is 0 Å². The van der Waals surface area contributed by atoms with Crippen LogP contribution in [0.25, 0.3) is 11.3 Å². The smallest absolute Gasteiger partial charge is 0.335 e. The van der Waals surface area contributed by atoms with E-state index in [9.17, 15) is 4.79 Å². The highest BCUT2D eigenvalue weighted by molar-refractivity contribution is 5.89. The van der Waals surface area contributed by atoms with E-state index in [0.29, 0.717) is 0 Å². The minimum absolute atomic E-state index is 0.276. The molecule has 4 nitrogen and oxygen atoms in total. The van der Waals surface area contributed by atoms with Crippen molar-refractivity contribution < 1.29 is 9.90 Å². The maximum atomic E-state index is 10.8. The second-order valence-corrected chi connectivity index (χ2v) is 3.26. The fraction of sp³-hybridized carbons (Fsp3) is 0.0909. The third-order valence-corrected chi connectivity index (χ3v) is 2.12. The monoisotopic (exact) mass is 202 g/mol. The summed E-state index contributed by atoms with van der Waals surface area (Å²) >= 11 is 0. The van der Waals surface area contributed by atoms with Gasteiger partial charge in [0, 0.05) is 18.8 Å². The lowest BCUT2D eigenvalue weighted by molar-refractivity contribution is 0.0697. The van der Waals surface area contributed by atoms with Crippen LogP contribution in [0.5, 0.6) is 0 Å². The molecule has 2 aromatic rings. The number of rotatable bonds is 2. The van der Waals surface area contributed by atoms with Gasteiger partial charge in [-0.05, 0) is 18.2 Å². The third kappa shape index (κ3) is 1.88. The molecule has 1 aromatic heterocycles. The molecule has 0 amide bonds. The number of carboxylic acids is 1. The molecule has 0 aliphatic carbocycles. The van der Waals surface area contributed by atoms with Gasteiger partial charge in [-0.1, -0.05) is 12.1 Å². The summed E-state index contributed by atoms with van der Waals surface area (Å²) in [7, 11) is 1.82. The van der Waals surface area contributed by atoms with Gasteiger partial charge in [-0.25, -0.2) is 4.79 Å². The highest BCUT2D eigenvalue weighted by atomic mass is 16.4. The molecule has 0 radical (unpaired) electrons. The van der Waals surface area contributed by atoms with Gasteiger partial charge < -0.3 is 5.11 Å². The molecule has 0 spiro atoms. The maximum absolute atomic E-state index is 10.8. The van der Waals surface area contributed by atoms with Crippen LogP contribution in [-0.2, 0) is 7.05 Å². The van der Waals surface area contributed by atoms with Crippen LogP contribution in [0.1, 0.15) is 10.4 Å². The minimum atomic E-state index is -0.923. The molecule has 0 aliphatic heterocycles. The van der Waals surface area contributed by atoms with Gasteiger partial charge in [0.1, 0.15) is 0 Å². The van der Waals surface area contributed by atoms with Gasteiger partial charge in [0.15, 0.2) is 0 Å². The molecule has 1 aromatic carbocycles. The molecular weight excluding hydrogens is 192 g/mol. The number of benzene rings is 1. The number of carboxylic acid groups (broad SMARTS) is 1. The lowest BCUT2D eigenvalue weighted by Crippen LogP contribution is -1.96. The fourth-order valence-electron chi connectivity index (χ4n) is 1.38. The molecular formula is C11H10N2O2. The summed E-state index contributed by atoms with van der Waals surface area (Å²) in [4.78, 5) is 10.8. The summed E-state index contributed by atoms with van der Waals surface area (Å²) in [6, 6.07) is 8.59. The molecule has 1 heterocycles. The predicted molar refractivity (Wildman–Crippen MR) is 55.6 cm³/mol. The molecule has 0 fully saturated rings. The van der Waals surface area contributed by atoms with Gasteiger partial charge >= 0.3 is 5.97 Å². The first-order valence-corrected chi connectivity index (χ1v) is 4.50. The van der Waals surface area contributed by atoms with E-state index < -0.39 is 5.97 Å². The zero-order chi connectivity index (χ0) is 10.8. The number of hydrogen-bond acceptors (Lipinski definition) is 2. The number of hydrogen-bond donors (Lipinski definition) is 1. The molecule has 0 aliphatic rings. The average Bonchev–Trinajstić information content (AvgIpc) is 2.65. The second kappa shape index (κ2) is 3.57. The largest absolute Gasteiger partial charge is 0.478 e. The zero-order valence-corrected chi connectivity index (χ0v) is 8.21.